The smallest absolute Gasteiger partial charge is 0.243 e. The maximum atomic E-state index is 11.8. The summed E-state index contributed by atoms with van der Waals surface area (Å²) in [5.74, 6) is -0.0921. The molecule has 2 rings (SSSR count). The van der Waals surface area contributed by atoms with Crippen LogP contribution in [0.5, 0.6) is 0 Å². The van der Waals surface area contributed by atoms with Gasteiger partial charge in [-0.2, -0.15) is 5.10 Å². The number of anilines is 2. The number of carbonyl (C=O) groups is 1. The first-order chi connectivity index (χ1) is 9.04. The van der Waals surface area contributed by atoms with E-state index < -0.39 is 0 Å². The zero-order valence-electron chi connectivity index (χ0n) is 10.8. The van der Waals surface area contributed by atoms with Crippen LogP contribution in [0.3, 0.4) is 0 Å². The Morgan fingerprint density at radius 3 is 2.63 bits per heavy atom. The van der Waals surface area contributed by atoms with Gasteiger partial charge >= 0.3 is 0 Å². The lowest BCUT2D eigenvalue weighted by atomic mass is 10.3. The van der Waals surface area contributed by atoms with Crippen LogP contribution in [0, 0.1) is 6.92 Å². The number of benzene rings is 1. The number of hydrogen-bond donors (Lipinski definition) is 2. The fourth-order valence-corrected chi connectivity index (χ4v) is 1.95. The Labute approximate surface area is 120 Å². The highest BCUT2D eigenvalue weighted by Gasteiger charge is 2.06. The number of hydrogen-bond acceptors (Lipinski definition) is 3. The van der Waals surface area contributed by atoms with Gasteiger partial charge in [0.15, 0.2) is 0 Å². The van der Waals surface area contributed by atoms with E-state index >= 15 is 0 Å². The largest absolute Gasteiger partial charge is 0.373 e. The summed E-state index contributed by atoms with van der Waals surface area (Å²) in [6, 6.07) is 7.46. The van der Waals surface area contributed by atoms with Crippen LogP contribution in [0.4, 0.5) is 11.4 Å². The fraction of sp³-hybridized carbons (Fsp3) is 0.231. The quantitative estimate of drug-likeness (QED) is 0.909. The van der Waals surface area contributed by atoms with Crippen LogP contribution >= 0.6 is 15.9 Å². The second-order valence-electron chi connectivity index (χ2n) is 4.21. The first kappa shape index (κ1) is 13.6. The van der Waals surface area contributed by atoms with Gasteiger partial charge in [0.25, 0.3) is 0 Å². The van der Waals surface area contributed by atoms with Crippen LogP contribution in [0.1, 0.15) is 5.69 Å². The van der Waals surface area contributed by atoms with E-state index in [4.69, 9.17) is 0 Å². The molecule has 0 aliphatic rings. The van der Waals surface area contributed by atoms with Gasteiger partial charge in [0.05, 0.1) is 17.9 Å². The third kappa shape index (κ3) is 3.82. The Bertz CT molecular complexity index is 577. The number of carbonyl (C=O) groups excluding carboxylic acids is 1. The predicted octanol–water partition coefficient (Wildman–Crippen LogP) is 2.54. The average molecular weight is 323 g/mol. The summed E-state index contributed by atoms with van der Waals surface area (Å²) in [7, 11) is 1.85. The Kier molecular flexibility index (Phi) is 4.21. The lowest BCUT2D eigenvalue weighted by Crippen LogP contribution is -2.21. The number of nitrogens with zero attached hydrogens (tertiary/aromatic N) is 2. The number of rotatable bonds is 4. The molecule has 5 nitrogen and oxygen atoms in total. The molecule has 1 aromatic carbocycles. The topological polar surface area (TPSA) is 59.0 Å². The zero-order valence-corrected chi connectivity index (χ0v) is 12.4. The molecule has 0 aliphatic heterocycles. The van der Waals surface area contributed by atoms with Crippen molar-refractivity contribution in [3.05, 3.63) is 40.6 Å². The van der Waals surface area contributed by atoms with Crippen molar-refractivity contribution in [2.75, 3.05) is 17.2 Å². The van der Waals surface area contributed by atoms with Crippen molar-refractivity contribution in [1.82, 2.24) is 9.78 Å². The molecule has 0 fully saturated rings. The molecule has 0 saturated carbocycles. The Morgan fingerprint density at radius 1 is 1.37 bits per heavy atom. The molecule has 0 saturated heterocycles. The van der Waals surface area contributed by atoms with E-state index in [0.29, 0.717) is 0 Å². The van der Waals surface area contributed by atoms with Gasteiger partial charge in [-0.25, -0.2) is 0 Å². The highest BCUT2D eigenvalue weighted by Crippen LogP contribution is 2.14. The van der Waals surface area contributed by atoms with E-state index in [1.54, 1.807) is 4.68 Å². The minimum Gasteiger partial charge on any atom is -0.373 e. The SMILES string of the molecule is Cc1nn(C)cc1NCC(=O)Nc1ccc(Br)cc1. The molecular weight excluding hydrogens is 308 g/mol. The van der Waals surface area contributed by atoms with Crippen molar-refractivity contribution in [3.8, 4) is 0 Å². The molecule has 1 aromatic heterocycles. The number of aryl methyl sites for hydroxylation is 2. The van der Waals surface area contributed by atoms with Gasteiger partial charge in [0, 0.05) is 23.4 Å². The van der Waals surface area contributed by atoms with Crippen LogP contribution in [0.15, 0.2) is 34.9 Å². The number of amides is 1. The maximum absolute atomic E-state index is 11.8. The zero-order chi connectivity index (χ0) is 13.8. The summed E-state index contributed by atoms with van der Waals surface area (Å²) >= 11 is 3.35. The summed E-state index contributed by atoms with van der Waals surface area (Å²) < 4.78 is 2.69. The molecule has 100 valence electrons. The molecule has 0 spiro atoms. The van der Waals surface area contributed by atoms with Crippen molar-refractivity contribution in [1.29, 1.82) is 0 Å². The average Bonchev–Trinajstić information content (AvgIpc) is 2.68. The first-order valence-corrected chi connectivity index (χ1v) is 6.63. The van der Waals surface area contributed by atoms with E-state index in [0.717, 1.165) is 21.5 Å². The van der Waals surface area contributed by atoms with Crippen LogP contribution in [-0.2, 0) is 11.8 Å². The first-order valence-electron chi connectivity index (χ1n) is 5.84. The van der Waals surface area contributed by atoms with E-state index in [-0.39, 0.29) is 12.5 Å². The molecule has 2 aromatic rings. The lowest BCUT2D eigenvalue weighted by Gasteiger charge is -2.07. The molecule has 0 aliphatic carbocycles. The van der Waals surface area contributed by atoms with Crippen molar-refractivity contribution in [2.24, 2.45) is 7.05 Å². The van der Waals surface area contributed by atoms with Crippen molar-refractivity contribution >= 4 is 33.2 Å². The molecule has 0 bridgehead atoms. The van der Waals surface area contributed by atoms with Gasteiger partial charge in [0.2, 0.25) is 5.91 Å². The summed E-state index contributed by atoms with van der Waals surface area (Å²) in [5, 5.41) is 10.1. The maximum Gasteiger partial charge on any atom is 0.243 e. The third-order valence-corrected chi connectivity index (χ3v) is 3.11. The van der Waals surface area contributed by atoms with Crippen LogP contribution in [-0.4, -0.2) is 22.2 Å². The molecule has 1 amide bonds. The highest BCUT2D eigenvalue weighted by atomic mass is 79.9. The van der Waals surface area contributed by atoms with Gasteiger partial charge in [-0.1, -0.05) is 15.9 Å². The van der Waals surface area contributed by atoms with E-state index in [1.807, 2.05) is 44.4 Å². The normalized spacial score (nSPS) is 10.3. The molecule has 1 heterocycles. The van der Waals surface area contributed by atoms with Gasteiger partial charge in [-0.3, -0.25) is 9.48 Å². The highest BCUT2D eigenvalue weighted by molar-refractivity contribution is 9.10. The van der Waals surface area contributed by atoms with Crippen LogP contribution < -0.4 is 10.6 Å². The Balaban J connectivity index is 1.88. The van der Waals surface area contributed by atoms with Crippen LogP contribution in [0.2, 0.25) is 0 Å². The minimum absolute atomic E-state index is 0.0921. The van der Waals surface area contributed by atoms with Crippen molar-refractivity contribution in [3.63, 3.8) is 0 Å². The summed E-state index contributed by atoms with van der Waals surface area (Å²) in [5.41, 5.74) is 2.52. The molecule has 0 unspecified atom stereocenters. The molecule has 6 heteroatoms. The number of nitrogens with one attached hydrogen (secondary N) is 2. The van der Waals surface area contributed by atoms with E-state index in [9.17, 15) is 4.79 Å². The summed E-state index contributed by atoms with van der Waals surface area (Å²) in [6.07, 6.45) is 1.85. The standard InChI is InChI=1S/C13H15BrN4O/c1-9-12(8-18(2)17-9)15-7-13(19)16-11-5-3-10(14)4-6-11/h3-6,8,15H,7H2,1-2H3,(H,16,19). The Hall–Kier alpha value is -1.82. The summed E-state index contributed by atoms with van der Waals surface area (Å²) in [4.78, 5) is 11.8. The fourth-order valence-electron chi connectivity index (χ4n) is 1.69. The van der Waals surface area contributed by atoms with Crippen molar-refractivity contribution < 1.29 is 4.79 Å². The second-order valence-corrected chi connectivity index (χ2v) is 5.13. The molecule has 19 heavy (non-hydrogen) atoms. The minimum atomic E-state index is -0.0921. The molecule has 2 N–H and O–H groups in total. The predicted molar refractivity (Wildman–Crippen MR) is 79.2 cm³/mol. The van der Waals surface area contributed by atoms with Gasteiger partial charge in [-0.05, 0) is 31.2 Å². The second kappa shape index (κ2) is 5.88. The summed E-state index contributed by atoms with van der Waals surface area (Å²) in [6.45, 7) is 2.11. The Morgan fingerprint density at radius 2 is 2.05 bits per heavy atom. The molecule has 0 atom stereocenters. The molecular formula is C13H15BrN4O. The van der Waals surface area contributed by atoms with E-state index in [1.165, 1.54) is 0 Å². The molecule has 0 radical (unpaired) electrons. The lowest BCUT2D eigenvalue weighted by molar-refractivity contribution is -0.114. The monoisotopic (exact) mass is 322 g/mol. The van der Waals surface area contributed by atoms with E-state index in [2.05, 4.69) is 31.7 Å². The van der Waals surface area contributed by atoms with Crippen molar-refractivity contribution in [2.45, 2.75) is 6.92 Å². The third-order valence-electron chi connectivity index (χ3n) is 2.58. The van der Waals surface area contributed by atoms with Gasteiger partial charge < -0.3 is 10.6 Å². The van der Waals surface area contributed by atoms with Gasteiger partial charge in [0.1, 0.15) is 0 Å². The number of aromatic nitrogens is 2. The van der Waals surface area contributed by atoms with Crippen LogP contribution in [0.25, 0.3) is 0 Å². The number of halogens is 1. The van der Waals surface area contributed by atoms with Gasteiger partial charge in [-0.15, -0.1) is 0 Å².